The molecule has 0 fully saturated rings. The number of ether oxygens (including phenoxy) is 1. The zero-order valence-corrected chi connectivity index (χ0v) is 12.0. The third-order valence-corrected chi connectivity index (χ3v) is 3.06. The highest BCUT2D eigenvalue weighted by molar-refractivity contribution is 5.46. The summed E-state index contributed by atoms with van der Waals surface area (Å²) in [7, 11) is 0. The fraction of sp³-hybridized carbons (Fsp3) is 0.294. The highest BCUT2D eigenvalue weighted by Crippen LogP contribution is 2.20. The van der Waals surface area contributed by atoms with Gasteiger partial charge in [-0.25, -0.2) is 8.78 Å². The summed E-state index contributed by atoms with van der Waals surface area (Å²) < 4.78 is 30.4. The molecule has 2 nitrogen and oxygen atoms in total. The van der Waals surface area contributed by atoms with Crippen LogP contribution in [0.4, 0.5) is 14.5 Å². The largest absolute Gasteiger partial charge is 0.494 e. The summed E-state index contributed by atoms with van der Waals surface area (Å²) in [5, 5.41) is 3.25. The topological polar surface area (TPSA) is 21.3 Å². The first-order valence-electron chi connectivity index (χ1n) is 7.02. The van der Waals surface area contributed by atoms with E-state index >= 15 is 0 Å². The van der Waals surface area contributed by atoms with Crippen molar-refractivity contribution in [1.29, 1.82) is 0 Å². The Morgan fingerprint density at radius 3 is 2.24 bits per heavy atom. The Morgan fingerprint density at radius 2 is 1.67 bits per heavy atom. The van der Waals surface area contributed by atoms with E-state index in [9.17, 15) is 8.78 Å². The molecule has 0 aliphatic carbocycles. The Morgan fingerprint density at radius 1 is 1.00 bits per heavy atom. The standard InChI is InChI=1S/C17H19F2NO/c1-2-11-21-16-9-7-15(8-10-16)20-12-13-3-5-14(6-4-13)17(18)19/h3-10,17,20H,2,11-12H2,1H3. The first kappa shape index (κ1) is 15.3. The fourth-order valence-corrected chi connectivity index (χ4v) is 1.87. The molecule has 2 rings (SSSR count). The summed E-state index contributed by atoms with van der Waals surface area (Å²) in [5.41, 5.74) is 1.98. The van der Waals surface area contributed by atoms with E-state index in [-0.39, 0.29) is 5.56 Å². The zero-order valence-electron chi connectivity index (χ0n) is 12.0. The minimum atomic E-state index is -2.41. The molecule has 2 aromatic rings. The van der Waals surface area contributed by atoms with Crippen LogP contribution < -0.4 is 10.1 Å². The van der Waals surface area contributed by atoms with E-state index in [2.05, 4.69) is 12.2 Å². The minimum Gasteiger partial charge on any atom is -0.494 e. The average molecular weight is 291 g/mol. The van der Waals surface area contributed by atoms with Crippen LogP contribution in [0, 0.1) is 0 Å². The van der Waals surface area contributed by atoms with Crippen molar-refractivity contribution < 1.29 is 13.5 Å². The maximum atomic E-state index is 12.4. The molecule has 0 atom stereocenters. The van der Waals surface area contributed by atoms with Crippen molar-refractivity contribution in [2.75, 3.05) is 11.9 Å². The van der Waals surface area contributed by atoms with Gasteiger partial charge in [0.25, 0.3) is 6.43 Å². The molecule has 0 saturated carbocycles. The lowest BCUT2D eigenvalue weighted by Crippen LogP contribution is -2.00. The molecule has 0 aromatic heterocycles. The Balaban J connectivity index is 1.87. The monoisotopic (exact) mass is 291 g/mol. The predicted octanol–water partition coefficient (Wildman–Crippen LogP) is 5.03. The molecule has 0 heterocycles. The maximum absolute atomic E-state index is 12.4. The molecule has 0 radical (unpaired) electrons. The molecule has 2 aromatic carbocycles. The van der Waals surface area contributed by atoms with Gasteiger partial charge in [-0.3, -0.25) is 0 Å². The minimum absolute atomic E-state index is 0.0520. The van der Waals surface area contributed by atoms with Crippen molar-refractivity contribution in [3.63, 3.8) is 0 Å². The second kappa shape index (κ2) is 7.62. The van der Waals surface area contributed by atoms with Crippen molar-refractivity contribution in [2.24, 2.45) is 0 Å². The Bertz CT molecular complexity index is 538. The molecule has 0 saturated heterocycles. The molecule has 0 amide bonds. The van der Waals surface area contributed by atoms with Gasteiger partial charge in [-0.1, -0.05) is 31.2 Å². The van der Waals surface area contributed by atoms with Crippen LogP contribution in [-0.4, -0.2) is 6.61 Å². The summed E-state index contributed by atoms with van der Waals surface area (Å²) in [6, 6.07) is 14.1. The molecule has 0 aliphatic heterocycles. The molecule has 0 aliphatic rings. The van der Waals surface area contributed by atoms with Crippen molar-refractivity contribution >= 4 is 5.69 Å². The molecule has 0 unspecified atom stereocenters. The van der Waals surface area contributed by atoms with Gasteiger partial charge in [0, 0.05) is 17.8 Å². The summed E-state index contributed by atoms with van der Waals surface area (Å²) in [6.45, 7) is 3.37. The van der Waals surface area contributed by atoms with Gasteiger partial charge in [0.2, 0.25) is 0 Å². The van der Waals surface area contributed by atoms with Gasteiger partial charge in [0.1, 0.15) is 5.75 Å². The van der Waals surface area contributed by atoms with E-state index in [0.717, 1.165) is 23.4 Å². The van der Waals surface area contributed by atoms with Crippen LogP contribution in [0.3, 0.4) is 0 Å². The van der Waals surface area contributed by atoms with E-state index in [1.807, 2.05) is 24.3 Å². The molecular formula is C17H19F2NO. The van der Waals surface area contributed by atoms with Crippen LogP contribution in [-0.2, 0) is 6.54 Å². The van der Waals surface area contributed by atoms with Crippen LogP contribution in [0.2, 0.25) is 0 Å². The van der Waals surface area contributed by atoms with E-state index in [0.29, 0.717) is 13.2 Å². The second-order valence-corrected chi connectivity index (χ2v) is 4.77. The molecular weight excluding hydrogens is 272 g/mol. The third-order valence-electron chi connectivity index (χ3n) is 3.06. The van der Waals surface area contributed by atoms with Gasteiger partial charge in [-0.05, 0) is 36.2 Å². The second-order valence-electron chi connectivity index (χ2n) is 4.77. The number of hydrogen-bond acceptors (Lipinski definition) is 2. The number of rotatable bonds is 7. The van der Waals surface area contributed by atoms with Gasteiger partial charge in [0.05, 0.1) is 6.61 Å². The van der Waals surface area contributed by atoms with Crippen molar-refractivity contribution in [1.82, 2.24) is 0 Å². The smallest absolute Gasteiger partial charge is 0.263 e. The van der Waals surface area contributed by atoms with E-state index in [4.69, 9.17) is 4.74 Å². The lowest BCUT2D eigenvalue weighted by molar-refractivity contribution is 0.151. The summed E-state index contributed by atoms with van der Waals surface area (Å²) >= 11 is 0. The predicted molar refractivity (Wildman–Crippen MR) is 81.0 cm³/mol. The average Bonchev–Trinajstić information content (AvgIpc) is 2.52. The number of benzene rings is 2. The Labute approximate surface area is 123 Å². The number of alkyl halides is 2. The van der Waals surface area contributed by atoms with Gasteiger partial charge >= 0.3 is 0 Å². The molecule has 112 valence electrons. The molecule has 1 N–H and O–H groups in total. The lowest BCUT2D eigenvalue weighted by Gasteiger charge is -2.09. The van der Waals surface area contributed by atoms with Gasteiger partial charge in [0.15, 0.2) is 0 Å². The first-order chi connectivity index (χ1) is 10.2. The quantitative estimate of drug-likeness (QED) is 0.773. The van der Waals surface area contributed by atoms with E-state index < -0.39 is 6.43 Å². The van der Waals surface area contributed by atoms with Crippen molar-refractivity contribution in [3.8, 4) is 5.75 Å². The normalized spacial score (nSPS) is 10.7. The number of nitrogens with one attached hydrogen (secondary N) is 1. The Kier molecular flexibility index (Phi) is 5.55. The van der Waals surface area contributed by atoms with Crippen LogP contribution in [0.5, 0.6) is 5.75 Å². The van der Waals surface area contributed by atoms with Crippen LogP contribution >= 0.6 is 0 Å². The van der Waals surface area contributed by atoms with Crippen LogP contribution in [0.1, 0.15) is 30.9 Å². The molecule has 21 heavy (non-hydrogen) atoms. The zero-order chi connectivity index (χ0) is 15.1. The molecule has 0 spiro atoms. The van der Waals surface area contributed by atoms with E-state index in [1.165, 1.54) is 12.1 Å². The van der Waals surface area contributed by atoms with Gasteiger partial charge in [-0.2, -0.15) is 0 Å². The van der Waals surface area contributed by atoms with Crippen LogP contribution in [0.15, 0.2) is 48.5 Å². The maximum Gasteiger partial charge on any atom is 0.263 e. The van der Waals surface area contributed by atoms with Gasteiger partial charge < -0.3 is 10.1 Å². The fourth-order valence-electron chi connectivity index (χ4n) is 1.87. The highest BCUT2D eigenvalue weighted by Gasteiger charge is 2.05. The number of anilines is 1. The highest BCUT2D eigenvalue weighted by atomic mass is 19.3. The van der Waals surface area contributed by atoms with E-state index in [1.54, 1.807) is 12.1 Å². The Hall–Kier alpha value is -2.10. The first-order valence-corrected chi connectivity index (χ1v) is 7.02. The summed E-state index contributed by atoms with van der Waals surface area (Å²) in [5.74, 6) is 0.851. The summed E-state index contributed by atoms with van der Waals surface area (Å²) in [6.07, 6.45) is -1.43. The number of hydrogen-bond donors (Lipinski definition) is 1. The summed E-state index contributed by atoms with van der Waals surface area (Å²) in [4.78, 5) is 0. The SMILES string of the molecule is CCCOc1ccc(NCc2ccc(C(F)F)cc2)cc1. The number of halogens is 2. The van der Waals surface area contributed by atoms with Gasteiger partial charge in [-0.15, -0.1) is 0 Å². The van der Waals surface area contributed by atoms with Crippen molar-refractivity contribution in [3.05, 3.63) is 59.7 Å². The van der Waals surface area contributed by atoms with Crippen LogP contribution in [0.25, 0.3) is 0 Å². The molecule has 4 heteroatoms. The lowest BCUT2D eigenvalue weighted by atomic mass is 10.1. The third kappa shape index (κ3) is 4.74. The van der Waals surface area contributed by atoms with Crippen molar-refractivity contribution in [2.45, 2.75) is 26.3 Å². The molecule has 0 bridgehead atoms.